The van der Waals surface area contributed by atoms with Gasteiger partial charge in [-0.25, -0.2) is 4.79 Å². The predicted molar refractivity (Wildman–Crippen MR) is 71.9 cm³/mol. The first-order valence-electron chi connectivity index (χ1n) is 5.91. The molecule has 0 aliphatic carbocycles. The molecule has 0 aromatic heterocycles. The Labute approximate surface area is 122 Å². The highest BCUT2D eigenvalue weighted by molar-refractivity contribution is 7.85. The molecule has 0 aliphatic rings. The van der Waals surface area contributed by atoms with E-state index < -0.39 is 16.4 Å². The van der Waals surface area contributed by atoms with Crippen molar-refractivity contribution in [2.24, 2.45) is 0 Å². The molecule has 0 radical (unpaired) electrons. The highest BCUT2D eigenvalue weighted by atomic mass is 32.2. The van der Waals surface area contributed by atoms with Gasteiger partial charge in [0.15, 0.2) is 0 Å². The number of rotatable bonds is 6. The molecule has 1 aromatic carbocycles. The Morgan fingerprint density at radius 1 is 1.19 bits per heavy atom. The number of nitrogens with one attached hydrogen (secondary N) is 1. The molecule has 1 amide bonds. The highest BCUT2D eigenvalue weighted by Gasteiger charge is 2.17. The molecule has 0 saturated heterocycles. The SMILES string of the molecule is CCOC(=O)Cc1ccc(OS(=O)(=O)NC(=O)OC)cc1. The van der Waals surface area contributed by atoms with E-state index in [0.29, 0.717) is 5.56 Å². The minimum absolute atomic E-state index is 0.0148. The van der Waals surface area contributed by atoms with E-state index in [1.165, 1.54) is 29.0 Å². The number of carbonyl (C=O) groups is 2. The lowest BCUT2D eigenvalue weighted by Crippen LogP contribution is -2.33. The Morgan fingerprint density at radius 3 is 2.33 bits per heavy atom. The largest absolute Gasteiger partial charge is 0.466 e. The van der Waals surface area contributed by atoms with Crippen LogP contribution in [0.25, 0.3) is 0 Å². The fourth-order valence-electron chi connectivity index (χ4n) is 1.33. The van der Waals surface area contributed by atoms with Crippen LogP contribution in [0.2, 0.25) is 0 Å². The maximum atomic E-state index is 11.4. The molecule has 116 valence electrons. The molecule has 0 spiro atoms. The van der Waals surface area contributed by atoms with Crippen molar-refractivity contribution in [3.63, 3.8) is 0 Å². The van der Waals surface area contributed by atoms with Crippen LogP contribution in [-0.4, -0.2) is 34.2 Å². The third-order valence-electron chi connectivity index (χ3n) is 2.18. The summed E-state index contributed by atoms with van der Waals surface area (Å²) in [7, 11) is -3.28. The van der Waals surface area contributed by atoms with Crippen LogP contribution in [0.1, 0.15) is 12.5 Å². The lowest BCUT2D eigenvalue weighted by atomic mass is 10.1. The third kappa shape index (κ3) is 6.13. The average Bonchev–Trinajstić information content (AvgIpc) is 2.40. The third-order valence-corrected chi connectivity index (χ3v) is 3.01. The van der Waals surface area contributed by atoms with E-state index in [2.05, 4.69) is 8.92 Å². The summed E-state index contributed by atoms with van der Waals surface area (Å²) in [5.41, 5.74) is 0.638. The summed E-state index contributed by atoms with van der Waals surface area (Å²) in [6.45, 7) is 1.99. The van der Waals surface area contributed by atoms with Crippen LogP contribution >= 0.6 is 0 Å². The Kier molecular flexibility index (Phi) is 5.97. The smallest absolute Gasteiger partial charge is 0.423 e. The number of hydrogen-bond donors (Lipinski definition) is 1. The summed E-state index contributed by atoms with van der Waals surface area (Å²) >= 11 is 0. The van der Waals surface area contributed by atoms with Crippen LogP contribution in [0, 0.1) is 0 Å². The van der Waals surface area contributed by atoms with Crippen molar-refractivity contribution < 1.29 is 31.7 Å². The van der Waals surface area contributed by atoms with E-state index in [0.717, 1.165) is 7.11 Å². The molecular weight excluding hydrogens is 302 g/mol. The standard InChI is InChI=1S/C12H15NO7S/c1-3-19-11(14)8-9-4-6-10(7-5-9)20-21(16,17)13-12(15)18-2/h4-7H,3,8H2,1-2H3,(H,13,15). The zero-order chi connectivity index (χ0) is 15.9. The van der Waals surface area contributed by atoms with Crippen molar-refractivity contribution in [3.8, 4) is 5.75 Å². The van der Waals surface area contributed by atoms with Gasteiger partial charge in [0.05, 0.1) is 20.1 Å². The first kappa shape index (κ1) is 16.8. The summed E-state index contributed by atoms with van der Waals surface area (Å²) < 4.78 is 37.9. The zero-order valence-electron chi connectivity index (χ0n) is 11.5. The molecule has 0 atom stereocenters. The van der Waals surface area contributed by atoms with Crippen LogP contribution in [0.5, 0.6) is 5.75 Å². The van der Waals surface area contributed by atoms with E-state index in [1.807, 2.05) is 0 Å². The topological polar surface area (TPSA) is 108 Å². The van der Waals surface area contributed by atoms with Gasteiger partial charge in [0.2, 0.25) is 0 Å². The van der Waals surface area contributed by atoms with Crippen LogP contribution in [0.15, 0.2) is 24.3 Å². The van der Waals surface area contributed by atoms with Gasteiger partial charge in [-0.15, -0.1) is 0 Å². The van der Waals surface area contributed by atoms with Gasteiger partial charge in [0, 0.05) is 0 Å². The maximum absolute atomic E-state index is 11.4. The molecule has 8 nitrogen and oxygen atoms in total. The fourth-order valence-corrected chi connectivity index (χ4v) is 2.03. The van der Waals surface area contributed by atoms with E-state index in [4.69, 9.17) is 4.74 Å². The summed E-state index contributed by atoms with van der Waals surface area (Å²) in [6.07, 6.45) is -1.09. The van der Waals surface area contributed by atoms with Crippen molar-refractivity contribution in [1.82, 2.24) is 4.72 Å². The molecule has 0 unspecified atom stereocenters. The molecule has 9 heteroatoms. The Bertz CT molecular complexity index is 595. The number of ether oxygens (including phenoxy) is 2. The number of benzene rings is 1. The van der Waals surface area contributed by atoms with Crippen molar-refractivity contribution in [2.75, 3.05) is 13.7 Å². The second-order valence-corrected chi connectivity index (χ2v) is 5.04. The average molecular weight is 317 g/mol. The second-order valence-electron chi connectivity index (χ2n) is 3.76. The van der Waals surface area contributed by atoms with E-state index in [9.17, 15) is 18.0 Å². The van der Waals surface area contributed by atoms with Crippen molar-refractivity contribution >= 4 is 22.4 Å². The molecule has 1 rings (SSSR count). The zero-order valence-corrected chi connectivity index (χ0v) is 12.3. The number of amides is 1. The molecule has 1 aromatic rings. The van der Waals surface area contributed by atoms with Gasteiger partial charge in [0.25, 0.3) is 0 Å². The first-order valence-corrected chi connectivity index (χ1v) is 7.32. The first-order chi connectivity index (χ1) is 9.86. The highest BCUT2D eigenvalue weighted by Crippen LogP contribution is 2.14. The van der Waals surface area contributed by atoms with Gasteiger partial charge in [-0.3, -0.25) is 4.79 Å². The number of carbonyl (C=O) groups excluding carboxylic acids is 2. The lowest BCUT2D eigenvalue weighted by molar-refractivity contribution is -0.142. The monoisotopic (exact) mass is 317 g/mol. The Morgan fingerprint density at radius 2 is 1.81 bits per heavy atom. The summed E-state index contributed by atoms with van der Waals surface area (Å²) in [5.74, 6) is -0.398. The molecule has 0 saturated carbocycles. The van der Waals surface area contributed by atoms with Crippen LogP contribution in [0.4, 0.5) is 4.79 Å². The van der Waals surface area contributed by atoms with E-state index in [1.54, 1.807) is 6.92 Å². The molecule has 0 heterocycles. The van der Waals surface area contributed by atoms with Crippen molar-refractivity contribution in [2.45, 2.75) is 13.3 Å². The number of esters is 1. The van der Waals surface area contributed by atoms with Gasteiger partial charge >= 0.3 is 22.4 Å². The minimum atomic E-state index is -4.31. The molecular formula is C12H15NO7S. The Hall–Kier alpha value is -2.29. The van der Waals surface area contributed by atoms with Crippen LogP contribution in [0.3, 0.4) is 0 Å². The lowest BCUT2D eigenvalue weighted by Gasteiger charge is -2.08. The van der Waals surface area contributed by atoms with E-state index in [-0.39, 0.29) is 24.7 Å². The second kappa shape index (κ2) is 7.48. The molecule has 0 bridgehead atoms. The maximum Gasteiger partial charge on any atom is 0.423 e. The van der Waals surface area contributed by atoms with Gasteiger partial charge in [-0.05, 0) is 24.6 Å². The fraction of sp³-hybridized carbons (Fsp3) is 0.333. The van der Waals surface area contributed by atoms with Crippen LogP contribution in [-0.2, 0) is 31.0 Å². The summed E-state index contributed by atoms with van der Waals surface area (Å²) in [6, 6.07) is 5.73. The minimum Gasteiger partial charge on any atom is -0.466 e. The summed E-state index contributed by atoms with van der Waals surface area (Å²) in [4.78, 5) is 22.1. The molecule has 21 heavy (non-hydrogen) atoms. The predicted octanol–water partition coefficient (Wildman–Crippen LogP) is 0.772. The normalized spacial score (nSPS) is 10.6. The molecule has 0 fully saturated rings. The number of hydrogen-bond acceptors (Lipinski definition) is 7. The van der Waals surface area contributed by atoms with Gasteiger partial charge < -0.3 is 13.7 Å². The summed E-state index contributed by atoms with van der Waals surface area (Å²) in [5, 5.41) is 0. The molecule has 0 aliphatic heterocycles. The quantitative estimate of drug-likeness (QED) is 0.772. The van der Waals surface area contributed by atoms with Gasteiger partial charge in [-0.2, -0.15) is 13.1 Å². The van der Waals surface area contributed by atoms with Crippen molar-refractivity contribution in [1.29, 1.82) is 0 Å². The van der Waals surface area contributed by atoms with Crippen LogP contribution < -0.4 is 8.91 Å². The van der Waals surface area contributed by atoms with Gasteiger partial charge in [0.1, 0.15) is 5.75 Å². The Balaban J connectivity index is 2.66. The van der Waals surface area contributed by atoms with Gasteiger partial charge in [-0.1, -0.05) is 12.1 Å². The van der Waals surface area contributed by atoms with Crippen molar-refractivity contribution in [3.05, 3.63) is 29.8 Å². The van der Waals surface area contributed by atoms with E-state index >= 15 is 0 Å². The molecule has 1 N–H and O–H groups in total. The number of methoxy groups -OCH3 is 1.